The van der Waals surface area contributed by atoms with Gasteiger partial charge in [0.15, 0.2) is 22.4 Å². The van der Waals surface area contributed by atoms with Gasteiger partial charge in [-0.05, 0) is 160 Å². The molecule has 0 aromatic rings. The lowest BCUT2D eigenvalue weighted by Crippen LogP contribution is -2.53. The van der Waals surface area contributed by atoms with Gasteiger partial charge >= 0.3 is 0 Å². The molecule has 15 atom stereocenters. The van der Waals surface area contributed by atoms with Crippen molar-refractivity contribution in [3.05, 3.63) is 46.6 Å². The number of carbonyl (C=O) groups is 1. The van der Waals surface area contributed by atoms with Crippen LogP contribution in [-0.2, 0) is 13.6 Å². The summed E-state index contributed by atoms with van der Waals surface area (Å²) in [6, 6.07) is 0. The molecule has 0 aromatic heterocycles. The van der Waals surface area contributed by atoms with E-state index in [2.05, 4.69) is 155 Å². The van der Waals surface area contributed by atoms with Crippen LogP contribution in [0.4, 0.5) is 0 Å². The van der Waals surface area contributed by atoms with Crippen molar-refractivity contribution in [2.24, 2.45) is 80.8 Å². The molecule has 8 rings (SSSR count). The molecule has 0 bridgehead atoms. The standard InChI is InChI=1S/C27H46O2Si.C26H42O2Si/c1-16-12-18-14-26(8,28)15-20(18)27(9)17(2)13-19-21(25(19,6)7)22(27)23(16)29-30(10,11)24(3,4)5;1-15-11-17-13-18(27)14-19(17)26(8)16(2)12-20-21(25(20,6)7)22(26)23(15)28-29(9,10)24(3,4)5/h12,15-17,19,21-23,28H,13-14H2,1-11H3;11,14-16,20-23H,12-13H2,1-10H3/t16-,17-,19-,21-,22-,23-,26+,27-;15-,16-,20-,21-,22-,23-,26-/m11/s1. The van der Waals surface area contributed by atoms with E-state index in [-0.39, 0.29) is 33.1 Å². The molecular weight excluding hydrogens is 757 g/mol. The van der Waals surface area contributed by atoms with Crippen molar-refractivity contribution < 1.29 is 18.8 Å². The third-order valence-electron chi connectivity index (χ3n) is 20.4. The lowest BCUT2D eigenvalue weighted by atomic mass is 9.56. The van der Waals surface area contributed by atoms with Crippen LogP contribution >= 0.6 is 0 Å². The van der Waals surface area contributed by atoms with Crippen LogP contribution in [0.25, 0.3) is 0 Å². The van der Waals surface area contributed by atoms with Gasteiger partial charge in [0.2, 0.25) is 0 Å². The Hall–Kier alpha value is -1.06. The number of fused-ring (bicyclic) bond motifs is 10. The molecule has 0 heterocycles. The summed E-state index contributed by atoms with van der Waals surface area (Å²) in [7, 11) is -3.82. The molecule has 332 valence electrons. The first-order chi connectivity index (χ1) is 26.6. The Balaban J connectivity index is 0.000000179. The predicted octanol–water partition coefficient (Wildman–Crippen LogP) is 13.8. The smallest absolute Gasteiger partial charge is 0.192 e. The first kappa shape index (κ1) is 46.0. The molecule has 4 fully saturated rings. The molecule has 8 aliphatic carbocycles. The lowest BCUT2D eigenvalue weighted by Gasteiger charge is -2.52. The van der Waals surface area contributed by atoms with E-state index in [1.54, 1.807) is 0 Å². The van der Waals surface area contributed by atoms with E-state index in [4.69, 9.17) is 8.85 Å². The number of hydrogen-bond acceptors (Lipinski definition) is 4. The average Bonchev–Trinajstić information content (AvgIpc) is 3.62. The molecule has 0 spiro atoms. The fourth-order valence-electron chi connectivity index (χ4n) is 14.2. The van der Waals surface area contributed by atoms with E-state index in [1.165, 1.54) is 35.1 Å². The Bertz CT molecular complexity index is 1860. The minimum absolute atomic E-state index is 0.0325. The van der Waals surface area contributed by atoms with Crippen LogP contribution in [0.15, 0.2) is 46.6 Å². The quantitative estimate of drug-likeness (QED) is 0.286. The summed E-state index contributed by atoms with van der Waals surface area (Å²) in [6.45, 7) is 50.3. The third kappa shape index (κ3) is 6.98. The minimum atomic E-state index is -1.91. The second kappa shape index (κ2) is 13.7. The van der Waals surface area contributed by atoms with Gasteiger partial charge in [0.1, 0.15) is 0 Å². The number of aliphatic hydroxyl groups is 1. The van der Waals surface area contributed by atoms with E-state index in [1.807, 2.05) is 13.0 Å². The Labute approximate surface area is 364 Å². The highest BCUT2D eigenvalue weighted by molar-refractivity contribution is 6.74. The predicted molar refractivity (Wildman–Crippen MR) is 252 cm³/mol. The van der Waals surface area contributed by atoms with Crippen molar-refractivity contribution in [1.29, 1.82) is 0 Å². The van der Waals surface area contributed by atoms with Gasteiger partial charge in [0, 0.05) is 23.7 Å². The van der Waals surface area contributed by atoms with Gasteiger partial charge in [0.25, 0.3) is 0 Å². The van der Waals surface area contributed by atoms with Crippen molar-refractivity contribution in [1.82, 2.24) is 0 Å². The Morgan fingerprint density at radius 1 is 0.627 bits per heavy atom. The largest absolute Gasteiger partial charge is 0.413 e. The summed E-state index contributed by atoms with van der Waals surface area (Å²) in [5.74, 6) is 6.23. The van der Waals surface area contributed by atoms with E-state index in [9.17, 15) is 9.90 Å². The SMILES string of the molecule is C[C@@H]1C=C2CC(=O)C=C2[C@]2(C)[C@@H]([C@@H]1O[Si](C)(C)C(C)(C)C)[C@H]1[C@@H](C[C@H]2C)C1(C)C.C[C@@H]1C=C2C[C@](C)(O)C=C2[C@]2(C)[C@@H]([C@@H]1O[Si](C)(C)C(C)(C)C)[C@H]1[C@@H](C[C@H]2C)C1(C)C. The summed E-state index contributed by atoms with van der Waals surface area (Å²) >= 11 is 0. The first-order valence-electron chi connectivity index (χ1n) is 24.0. The highest BCUT2D eigenvalue weighted by Crippen LogP contribution is 2.77. The summed E-state index contributed by atoms with van der Waals surface area (Å²) in [5.41, 5.74) is 5.68. The van der Waals surface area contributed by atoms with Gasteiger partial charge in [-0.3, -0.25) is 4.79 Å². The Morgan fingerprint density at radius 3 is 1.42 bits per heavy atom. The molecular formula is C53H88O4Si2. The molecule has 1 N–H and O–H groups in total. The molecule has 0 aromatic carbocycles. The zero-order chi connectivity index (χ0) is 44.4. The fraction of sp³-hybridized carbons (Fsp3) is 0.830. The average molecular weight is 845 g/mol. The van der Waals surface area contributed by atoms with Crippen LogP contribution in [0.3, 0.4) is 0 Å². The first-order valence-corrected chi connectivity index (χ1v) is 29.9. The van der Waals surface area contributed by atoms with Gasteiger partial charge in [-0.1, -0.05) is 123 Å². The van der Waals surface area contributed by atoms with Gasteiger partial charge in [0.05, 0.1) is 17.8 Å². The Morgan fingerprint density at radius 2 is 1.02 bits per heavy atom. The van der Waals surface area contributed by atoms with E-state index >= 15 is 0 Å². The molecule has 4 saturated carbocycles. The maximum Gasteiger partial charge on any atom is 0.192 e. The zero-order valence-corrected chi connectivity index (χ0v) is 43.7. The van der Waals surface area contributed by atoms with Crippen LogP contribution in [-0.4, -0.2) is 45.3 Å². The number of ketones is 1. The fourth-order valence-corrected chi connectivity index (χ4v) is 17.0. The number of hydrogen-bond donors (Lipinski definition) is 1. The maximum atomic E-state index is 12.5. The topological polar surface area (TPSA) is 55.8 Å². The number of carbonyl (C=O) groups excluding carboxylic acids is 1. The van der Waals surface area contributed by atoms with Crippen LogP contribution < -0.4 is 0 Å². The Kier molecular flexibility index (Phi) is 10.7. The second-order valence-electron chi connectivity index (χ2n) is 26.9. The highest BCUT2D eigenvalue weighted by atomic mass is 28.4. The highest BCUT2D eigenvalue weighted by Gasteiger charge is 2.73. The maximum absolute atomic E-state index is 12.5. The summed E-state index contributed by atoms with van der Waals surface area (Å²) in [6.07, 6.45) is 13.6. The van der Waals surface area contributed by atoms with E-state index in [0.29, 0.717) is 64.5 Å². The van der Waals surface area contributed by atoms with Crippen molar-refractivity contribution in [2.75, 3.05) is 0 Å². The van der Waals surface area contributed by atoms with Crippen LogP contribution in [0.2, 0.25) is 36.3 Å². The third-order valence-corrected chi connectivity index (χ3v) is 29.3. The molecule has 0 amide bonds. The molecule has 0 saturated heterocycles. The van der Waals surface area contributed by atoms with E-state index in [0.717, 1.165) is 24.2 Å². The molecule has 6 heteroatoms. The molecule has 8 aliphatic rings. The molecule has 0 radical (unpaired) electrons. The van der Waals surface area contributed by atoms with Crippen molar-refractivity contribution >= 4 is 22.4 Å². The van der Waals surface area contributed by atoms with Crippen molar-refractivity contribution in [2.45, 2.75) is 197 Å². The number of allylic oxidation sites excluding steroid dienone is 4. The normalized spacial score (nSPS) is 45.6. The van der Waals surface area contributed by atoms with Crippen LogP contribution in [0.1, 0.15) is 143 Å². The van der Waals surface area contributed by atoms with Crippen molar-refractivity contribution in [3.63, 3.8) is 0 Å². The molecule has 4 nitrogen and oxygen atoms in total. The van der Waals surface area contributed by atoms with Gasteiger partial charge in [-0.2, -0.15) is 0 Å². The summed E-state index contributed by atoms with van der Waals surface area (Å²) in [4.78, 5) is 12.5. The lowest BCUT2D eigenvalue weighted by molar-refractivity contribution is -0.113. The summed E-state index contributed by atoms with van der Waals surface area (Å²) < 4.78 is 14.6. The van der Waals surface area contributed by atoms with Gasteiger partial charge in [-0.25, -0.2) is 0 Å². The van der Waals surface area contributed by atoms with Gasteiger partial charge < -0.3 is 14.0 Å². The van der Waals surface area contributed by atoms with E-state index < -0.39 is 22.2 Å². The molecule has 0 aliphatic heterocycles. The molecule has 59 heavy (non-hydrogen) atoms. The second-order valence-corrected chi connectivity index (χ2v) is 36.4. The van der Waals surface area contributed by atoms with Crippen LogP contribution in [0, 0.1) is 80.8 Å². The molecule has 0 unspecified atom stereocenters. The van der Waals surface area contributed by atoms with Gasteiger partial charge in [-0.15, -0.1) is 0 Å². The van der Waals surface area contributed by atoms with Crippen LogP contribution in [0.5, 0.6) is 0 Å². The monoisotopic (exact) mass is 845 g/mol. The number of rotatable bonds is 4. The summed E-state index contributed by atoms with van der Waals surface area (Å²) in [5, 5.41) is 11.4. The zero-order valence-electron chi connectivity index (χ0n) is 41.7. The van der Waals surface area contributed by atoms with Crippen molar-refractivity contribution in [3.8, 4) is 0 Å². The minimum Gasteiger partial charge on any atom is -0.413 e.